The first kappa shape index (κ1) is 12.5. The summed E-state index contributed by atoms with van der Waals surface area (Å²) in [5.74, 6) is 0.316. The molecule has 96 valence electrons. The highest BCUT2D eigenvalue weighted by atomic mass is 32.2. The van der Waals surface area contributed by atoms with Crippen molar-refractivity contribution in [3.63, 3.8) is 0 Å². The van der Waals surface area contributed by atoms with Crippen LogP contribution in [-0.2, 0) is 10.0 Å². The maximum Gasteiger partial charge on any atom is 0.257 e. The highest BCUT2D eigenvalue weighted by Crippen LogP contribution is 2.23. The van der Waals surface area contributed by atoms with Crippen LogP contribution in [-0.4, -0.2) is 36.1 Å². The topological polar surface area (TPSA) is 95.1 Å². The van der Waals surface area contributed by atoms with Gasteiger partial charge in [-0.05, 0) is 31.6 Å². The standard InChI is InChI=1S/C10H17N3O3S/c14-9-3-1-8(2-4-9)5-13-17(15,16)10-6-11-7-12-10/h6-9,13-14H,1-5H2,(H,11,12). The number of H-pyrrole nitrogens is 1. The van der Waals surface area contributed by atoms with Gasteiger partial charge >= 0.3 is 0 Å². The van der Waals surface area contributed by atoms with E-state index < -0.39 is 10.0 Å². The summed E-state index contributed by atoms with van der Waals surface area (Å²) in [5, 5.41) is 9.44. The van der Waals surface area contributed by atoms with Gasteiger partial charge in [0.25, 0.3) is 10.0 Å². The summed E-state index contributed by atoms with van der Waals surface area (Å²) in [7, 11) is -3.46. The zero-order chi connectivity index (χ0) is 12.3. The molecule has 0 radical (unpaired) electrons. The second-order valence-corrected chi connectivity index (χ2v) is 6.18. The minimum Gasteiger partial charge on any atom is -0.393 e. The molecular formula is C10H17N3O3S. The molecular weight excluding hydrogens is 242 g/mol. The normalized spacial score (nSPS) is 25.9. The van der Waals surface area contributed by atoms with Crippen molar-refractivity contribution in [3.05, 3.63) is 12.5 Å². The number of aromatic amines is 1. The minimum atomic E-state index is -3.46. The van der Waals surface area contributed by atoms with Crippen molar-refractivity contribution in [1.29, 1.82) is 0 Å². The molecule has 1 aliphatic rings. The molecule has 2 rings (SSSR count). The number of hydrogen-bond acceptors (Lipinski definition) is 4. The van der Waals surface area contributed by atoms with Crippen LogP contribution in [0.4, 0.5) is 0 Å². The highest BCUT2D eigenvalue weighted by molar-refractivity contribution is 7.89. The van der Waals surface area contributed by atoms with Crippen molar-refractivity contribution in [1.82, 2.24) is 14.7 Å². The van der Waals surface area contributed by atoms with Crippen LogP contribution in [0.5, 0.6) is 0 Å². The molecule has 1 aromatic rings. The Hall–Kier alpha value is -0.920. The molecule has 0 atom stereocenters. The zero-order valence-electron chi connectivity index (χ0n) is 9.46. The van der Waals surface area contributed by atoms with E-state index >= 15 is 0 Å². The second kappa shape index (κ2) is 5.16. The van der Waals surface area contributed by atoms with Gasteiger partial charge in [-0.1, -0.05) is 0 Å². The molecule has 6 nitrogen and oxygen atoms in total. The van der Waals surface area contributed by atoms with Crippen LogP contribution in [0.1, 0.15) is 25.7 Å². The molecule has 1 aromatic heterocycles. The summed E-state index contributed by atoms with van der Waals surface area (Å²) in [6.07, 6.45) is 5.67. The molecule has 0 amide bonds. The number of imidazole rings is 1. The highest BCUT2D eigenvalue weighted by Gasteiger charge is 2.22. The van der Waals surface area contributed by atoms with Gasteiger partial charge in [0.1, 0.15) is 0 Å². The van der Waals surface area contributed by atoms with Gasteiger partial charge in [-0.2, -0.15) is 0 Å². The Balaban J connectivity index is 1.86. The smallest absolute Gasteiger partial charge is 0.257 e. The Labute approximate surface area is 101 Å². The van der Waals surface area contributed by atoms with E-state index in [1.54, 1.807) is 0 Å². The summed E-state index contributed by atoms with van der Waals surface area (Å²) in [4.78, 5) is 6.26. The van der Waals surface area contributed by atoms with Crippen LogP contribution in [0.25, 0.3) is 0 Å². The van der Waals surface area contributed by atoms with Crippen molar-refractivity contribution in [2.24, 2.45) is 5.92 Å². The lowest BCUT2D eigenvalue weighted by molar-refractivity contribution is 0.109. The fraction of sp³-hybridized carbons (Fsp3) is 0.700. The molecule has 0 unspecified atom stereocenters. The van der Waals surface area contributed by atoms with Gasteiger partial charge in [-0.3, -0.25) is 0 Å². The van der Waals surface area contributed by atoms with E-state index in [0.717, 1.165) is 25.7 Å². The summed E-state index contributed by atoms with van der Waals surface area (Å²) >= 11 is 0. The van der Waals surface area contributed by atoms with Gasteiger partial charge in [0.15, 0.2) is 5.03 Å². The Morgan fingerprint density at radius 2 is 2.12 bits per heavy atom. The SMILES string of the molecule is O=S(=O)(NCC1CCC(O)CC1)c1cnc[nH]1. The maximum absolute atomic E-state index is 11.8. The Bertz CT molecular complexity index is 435. The third-order valence-corrected chi connectivity index (χ3v) is 4.49. The first-order valence-corrected chi connectivity index (χ1v) is 7.22. The number of nitrogens with one attached hydrogen (secondary N) is 2. The van der Waals surface area contributed by atoms with Crippen LogP contribution in [0, 0.1) is 5.92 Å². The van der Waals surface area contributed by atoms with E-state index in [1.165, 1.54) is 12.5 Å². The van der Waals surface area contributed by atoms with Crippen LogP contribution in [0.2, 0.25) is 0 Å². The quantitative estimate of drug-likeness (QED) is 0.721. The summed E-state index contributed by atoms with van der Waals surface area (Å²) < 4.78 is 26.1. The van der Waals surface area contributed by atoms with E-state index in [9.17, 15) is 13.5 Å². The lowest BCUT2D eigenvalue weighted by Crippen LogP contribution is -2.32. The Morgan fingerprint density at radius 1 is 1.41 bits per heavy atom. The van der Waals surface area contributed by atoms with E-state index in [4.69, 9.17) is 0 Å². The van der Waals surface area contributed by atoms with E-state index in [1.807, 2.05) is 0 Å². The van der Waals surface area contributed by atoms with Crippen molar-refractivity contribution in [2.45, 2.75) is 36.8 Å². The van der Waals surface area contributed by atoms with Gasteiger partial charge in [-0.25, -0.2) is 18.1 Å². The number of aliphatic hydroxyl groups is 1. The summed E-state index contributed by atoms with van der Waals surface area (Å²) in [5.41, 5.74) is 0. The number of nitrogens with zero attached hydrogens (tertiary/aromatic N) is 1. The fourth-order valence-corrected chi connectivity index (χ4v) is 3.06. The molecule has 0 aromatic carbocycles. The van der Waals surface area contributed by atoms with Gasteiger partial charge in [-0.15, -0.1) is 0 Å². The van der Waals surface area contributed by atoms with Gasteiger partial charge in [0.05, 0.1) is 18.6 Å². The van der Waals surface area contributed by atoms with Gasteiger partial charge < -0.3 is 10.1 Å². The first-order valence-electron chi connectivity index (χ1n) is 5.74. The maximum atomic E-state index is 11.8. The number of aromatic nitrogens is 2. The van der Waals surface area contributed by atoms with Crippen LogP contribution < -0.4 is 4.72 Å². The summed E-state index contributed by atoms with van der Waals surface area (Å²) in [6, 6.07) is 0. The van der Waals surface area contributed by atoms with E-state index in [0.29, 0.717) is 12.5 Å². The minimum absolute atomic E-state index is 0.0911. The predicted octanol–water partition coefficient (Wildman–Crippen LogP) is 0.239. The monoisotopic (exact) mass is 259 g/mol. The molecule has 0 spiro atoms. The molecule has 1 heterocycles. The second-order valence-electron chi connectivity index (χ2n) is 4.44. The van der Waals surface area contributed by atoms with Gasteiger partial charge in [0.2, 0.25) is 0 Å². The lowest BCUT2D eigenvalue weighted by atomic mass is 9.88. The van der Waals surface area contributed by atoms with Crippen molar-refractivity contribution in [2.75, 3.05) is 6.54 Å². The van der Waals surface area contributed by atoms with Gasteiger partial charge in [0, 0.05) is 6.54 Å². The third kappa shape index (κ3) is 3.27. The third-order valence-electron chi connectivity index (χ3n) is 3.14. The van der Waals surface area contributed by atoms with Crippen molar-refractivity contribution < 1.29 is 13.5 Å². The van der Waals surface area contributed by atoms with Crippen LogP contribution in [0.15, 0.2) is 17.6 Å². The number of sulfonamides is 1. The molecule has 1 aliphatic carbocycles. The predicted molar refractivity (Wildman–Crippen MR) is 61.7 cm³/mol. The summed E-state index contributed by atoms with van der Waals surface area (Å²) in [6.45, 7) is 0.425. The number of hydrogen-bond donors (Lipinski definition) is 3. The molecule has 0 aliphatic heterocycles. The van der Waals surface area contributed by atoms with Crippen LogP contribution in [0.3, 0.4) is 0 Å². The van der Waals surface area contributed by atoms with Crippen molar-refractivity contribution in [3.8, 4) is 0 Å². The molecule has 0 saturated heterocycles. The zero-order valence-corrected chi connectivity index (χ0v) is 10.3. The first-order chi connectivity index (χ1) is 8.08. The molecule has 1 fully saturated rings. The average molecular weight is 259 g/mol. The molecule has 7 heteroatoms. The number of rotatable bonds is 4. The molecule has 17 heavy (non-hydrogen) atoms. The fourth-order valence-electron chi connectivity index (χ4n) is 2.04. The van der Waals surface area contributed by atoms with E-state index in [2.05, 4.69) is 14.7 Å². The largest absolute Gasteiger partial charge is 0.393 e. The van der Waals surface area contributed by atoms with Crippen molar-refractivity contribution >= 4 is 10.0 Å². The Morgan fingerprint density at radius 3 is 2.71 bits per heavy atom. The molecule has 0 bridgehead atoms. The van der Waals surface area contributed by atoms with Crippen LogP contribution >= 0.6 is 0 Å². The average Bonchev–Trinajstić information content (AvgIpc) is 2.82. The number of aliphatic hydroxyl groups excluding tert-OH is 1. The Kier molecular flexibility index (Phi) is 3.80. The van der Waals surface area contributed by atoms with E-state index in [-0.39, 0.29) is 11.1 Å². The molecule has 1 saturated carbocycles. The molecule has 3 N–H and O–H groups in total. The lowest BCUT2D eigenvalue weighted by Gasteiger charge is -2.25.